The maximum atomic E-state index is 11.5. The smallest absolute Gasteiger partial charge is 0.331 e. The van der Waals surface area contributed by atoms with Gasteiger partial charge in [0.15, 0.2) is 0 Å². The van der Waals surface area contributed by atoms with Crippen molar-refractivity contribution >= 4 is 0 Å². The molecule has 1 heterocycles. The number of aromatic amines is 1. The summed E-state index contributed by atoms with van der Waals surface area (Å²) >= 11 is 0. The van der Waals surface area contributed by atoms with Crippen LogP contribution in [0.1, 0.15) is 32.2 Å². The highest BCUT2D eigenvalue weighted by Gasteiger charge is 2.25. The molecule has 2 N–H and O–H groups in total. The van der Waals surface area contributed by atoms with Crippen LogP contribution in [0.15, 0.2) is 15.7 Å². The Morgan fingerprint density at radius 3 is 2.73 bits per heavy atom. The molecule has 0 aromatic carbocycles. The van der Waals surface area contributed by atoms with Gasteiger partial charge in [-0.1, -0.05) is 6.92 Å². The maximum absolute atomic E-state index is 11.5. The molecule has 1 saturated carbocycles. The summed E-state index contributed by atoms with van der Waals surface area (Å²) in [4.78, 5) is 24.6. The lowest BCUT2D eigenvalue weighted by Gasteiger charge is -2.14. The summed E-state index contributed by atoms with van der Waals surface area (Å²) in [5.74, 6) is 0.330. The van der Waals surface area contributed by atoms with Crippen LogP contribution >= 0.6 is 0 Å². The summed E-state index contributed by atoms with van der Waals surface area (Å²) in [5.41, 5.74) is -1.07. The highest BCUT2D eigenvalue weighted by molar-refractivity contribution is 5.08. The zero-order valence-electron chi connectivity index (χ0n) is 8.56. The lowest BCUT2D eigenvalue weighted by atomic mass is 10.1. The molecule has 0 amide bonds. The van der Waals surface area contributed by atoms with Crippen molar-refractivity contribution in [3.8, 4) is 5.88 Å². The number of hydrogen-bond acceptors (Lipinski definition) is 3. The van der Waals surface area contributed by atoms with Crippen molar-refractivity contribution in [2.45, 2.75) is 32.2 Å². The van der Waals surface area contributed by atoms with Gasteiger partial charge in [-0.25, -0.2) is 4.79 Å². The van der Waals surface area contributed by atoms with Crippen LogP contribution in [0.3, 0.4) is 0 Å². The second kappa shape index (κ2) is 3.56. The summed E-state index contributed by atoms with van der Waals surface area (Å²) in [6.45, 7) is 2.12. The SMILES string of the molecule is CC1CCC(n2c(O)cc(=O)[nH]c2=O)C1. The highest BCUT2D eigenvalue weighted by atomic mass is 16.3. The molecule has 1 aromatic heterocycles. The molecule has 1 fully saturated rings. The summed E-state index contributed by atoms with van der Waals surface area (Å²) in [6.07, 6.45) is 2.80. The molecule has 0 aliphatic heterocycles. The lowest BCUT2D eigenvalue weighted by molar-refractivity contribution is 0.359. The van der Waals surface area contributed by atoms with Crippen molar-refractivity contribution in [3.05, 3.63) is 26.9 Å². The van der Waals surface area contributed by atoms with Crippen molar-refractivity contribution in [1.82, 2.24) is 9.55 Å². The van der Waals surface area contributed by atoms with E-state index in [1.807, 2.05) is 0 Å². The minimum absolute atomic E-state index is 0.0179. The number of rotatable bonds is 1. The first-order chi connectivity index (χ1) is 7.08. The van der Waals surface area contributed by atoms with Crippen LogP contribution in [-0.4, -0.2) is 14.7 Å². The van der Waals surface area contributed by atoms with Gasteiger partial charge in [0, 0.05) is 6.04 Å². The Bertz CT molecular complexity index is 474. The summed E-state index contributed by atoms with van der Waals surface area (Å²) < 4.78 is 1.28. The van der Waals surface area contributed by atoms with Gasteiger partial charge in [0.2, 0.25) is 5.88 Å². The molecule has 1 aromatic rings. The number of aromatic nitrogens is 2. The Morgan fingerprint density at radius 2 is 2.20 bits per heavy atom. The van der Waals surface area contributed by atoms with Crippen LogP contribution in [0.2, 0.25) is 0 Å². The van der Waals surface area contributed by atoms with E-state index < -0.39 is 11.2 Å². The van der Waals surface area contributed by atoms with Crippen molar-refractivity contribution in [3.63, 3.8) is 0 Å². The Hall–Kier alpha value is -1.52. The van der Waals surface area contributed by atoms with Gasteiger partial charge in [-0.2, -0.15) is 0 Å². The molecule has 0 saturated heterocycles. The van der Waals surface area contributed by atoms with E-state index in [1.165, 1.54) is 4.57 Å². The van der Waals surface area contributed by atoms with Crippen molar-refractivity contribution < 1.29 is 5.11 Å². The number of H-pyrrole nitrogens is 1. The van der Waals surface area contributed by atoms with Crippen LogP contribution in [0.4, 0.5) is 0 Å². The third kappa shape index (κ3) is 1.82. The highest BCUT2D eigenvalue weighted by Crippen LogP contribution is 2.34. The van der Waals surface area contributed by atoms with E-state index in [9.17, 15) is 14.7 Å². The number of aromatic hydroxyl groups is 1. The summed E-state index contributed by atoms with van der Waals surface area (Å²) in [7, 11) is 0. The molecule has 1 aliphatic carbocycles. The Labute approximate surface area is 86.4 Å². The number of nitrogens with one attached hydrogen (secondary N) is 1. The molecule has 2 unspecified atom stereocenters. The van der Waals surface area contributed by atoms with Crippen molar-refractivity contribution in [1.29, 1.82) is 0 Å². The minimum Gasteiger partial charge on any atom is -0.494 e. The number of nitrogens with zero attached hydrogens (tertiary/aromatic N) is 1. The van der Waals surface area contributed by atoms with Gasteiger partial charge in [-0.3, -0.25) is 14.3 Å². The van der Waals surface area contributed by atoms with E-state index in [-0.39, 0.29) is 11.9 Å². The normalized spacial score (nSPS) is 25.7. The zero-order valence-corrected chi connectivity index (χ0v) is 8.56. The van der Waals surface area contributed by atoms with Gasteiger partial charge in [0.25, 0.3) is 5.56 Å². The Morgan fingerprint density at radius 1 is 1.47 bits per heavy atom. The van der Waals surface area contributed by atoms with Crippen LogP contribution in [0.25, 0.3) is 0 Å². The fourth-order valence-corrected chi connectivity index (χ4v) is 2.26. The van der Waals surface area contributed by atoms with E-state index in [4.69, 9.17) is 0 Å². The molecule has 1 aliphatic rings. The zero-order chi connectivity index (χ0) is 11.0. The Balaban J connectivity index is 2.44. The molecule has 82 valence electrons. The average Bonchev–Trinajstić information content (AvgIpc) is 2.49. The van der Waals surface area contributed by atoms with Crippen LogP contribution in [0.5, 0.6) is 5.88 Å². The van der Waals surface area contributed by atoms with E-state index in [2.05, 4.69) is 11.9 Å². The largest absolute Gasteiger partial charge is 0.494 e. The van der Waals surface area contributed by atoms with Gasteiger partial charge in [-0.05, 0) is 25.2 Å². The predicted octanol–water partition coefficient (Wildman–Crippen LogP) is 0.603. The molecule has 2 rings (SSSR count). The third-order valence-electron chi connectivity index (χ3n) is 2.99. The summed E-state index contributed by atoms with van der Waals surface area (Å²) in [6, 6.07) is 1.06. The van der Waals surface area contributed by atoms with Gasteiger partial charge in [0.05, 0.1) is 6.07 Å². The van der Waals surface area contributed by atoms with E-state index >= 15 is 0 Å². The molecule has 15 heavy (non-hydrogen) atoms. The maximum Gasteiger partial charge on any atom is 0.331 e. The minimum atomic E-state index is -0.556. The molecule has 0 spiro atoms. The van der Waals surface area contributed by atoms with Gasteiger partial charge in [0.1, 0.15) is 0 Å². The second-order valence-electron chi connectivity index (χ2n) is 4.24. The molecule has 0 bridgehead atoms. The number of hydrogen-bond donors (Lipinski definition) is 2. The third-order valence-corrected chi connectivity index (χ3v) is 2.99. The quantitative estimate of drug-likeness (QED) is 0.712. The standard InChI is InChI=1S/C10H14N2O3/c1-6-2-3-7(4-6)12-9(14)5-8(13)11-10(12)15/h5-7,14H,2-4H2,1H3,(H,11,13,15). The Kier molecular flexibility index (Phi) is 2.38. The van der Waals surface area contributed by atoms with E-state index in [1.54, 1.807) is 0 Å². The molecule has 5 heteroatoms. The van der Waals surface area contributed by atoms with Crippen LogP contribution < -0.4 is 11.2 Å². The topological polar surface area (TPSA) is 75.1 Å². The molecule has 5 nitrogen and oxygen atoms in total. The van der Waals surface area contributed by atoms with Crippen LogP contribution in [-0.2, 0) is 0 Å². The first-order valence-electron chi connectivity index (χ1n) is 5.12. The predicted molar refractivity (Wildman–Crippen MR) is 55.0 cm³/mol. The monoisotopic (exact) mass is 210 g/mol. The molecular formula is C10H14N2O3. The molecule has 0 radical (unpaired) electrons. The van der Waals surface area contributed by atoms with Gasteiger partial charge < -0.3 is 5.11 Å². The van der Waals surface area contributed by atoms with Crippen molar-refractivity contribution in [2.75, 3.05) is 0 Å². The average molecular weight is 210 g/mol. The first-order valence-corrected chi connectivity index (χ1v) is 5.12. The first kappa shape index (κ1) is 10.0. The van der Waals surface area contributed by atoms with Gasteiger partial charge >= 0.3 is 5.69 Å². The van der Waals surface area contributed by atoms with Crippen molar-refractivity contribution in [2.24, 2.45) is 5.92 Å². The van der Waals surface area contributed by atoms with Crippen LogP contribution in [0, 0.1) is 5.92 Å². The van der Waals surface area contributed by atoms with Gasteiger partial charge in [-0.15, -0.1) is 0 Å². The van der Waals surface area contributed by atoms with E-state index in [0.29, 0.717) is 5.92 Å². The molecule has 2 atom stereocenters. The fraction of sp³-hybridized carbons (Fsp3) is 0.600. The fourth-order valence-electron chi connectivity index (χ4n) is 2.26. The van der Waals surface area contributed by atoms with E-state index in [0.717, 1.165) is 25.3 Å². The second-order valence-corrected chi connectivity index (χ2v) is 4.24. The summed E-state index contributed by atoms with van der Waals surface area (Å²) in [5, 5.41) is 9.56. The lowest BCUT2D eigenvalue weighted by Crippen LogP contribution is -2.31. The molecular weight excluding hydrogens is 196 g/mol.